The largest absolute Gasteiger partial charge is 0.388 e. The minimum atomic E-state index is -0.814. The van der Waals surface area contributed by atoms with Crippen LogP contribution in [0.3, 0.4) is 0 Å². The molecule has 0 atom stereocenters. The zero-order valence-electron chi connectivity index (χ0n) is 11.6. The maximum absolute atomic E-state index is 12.7. The molecule has 1 aromatic rings. The van der Waals surface area contributed by atoms with E-state index in [0.717, 1.165) is 5.56 Å². The van der Waals surface area contributed by atoms with E-state index in [1.165, 1.54) is 12.1 Å². The minimum absolute atomic E-state index is 0.0929. The van der Waals surface area contributed by atoms with Gasteiger partial charge in [0.1, 0.15) is 5.82 Å². The van der Waals surface area contributed by atoms with Crippen LogP contribution in [-0.4, -0.2) is 23.2 Å². The first-order chi connectivity index (χ1) is 8.99. The van der Waals surface area contributed by atoms with Gasteiger partial charge in [0.2, 0.25) is 5.91 Å². The maximum atomic E-state index is 12.7. The summed E-state index contributed by atoms with van der Waals surface area (Å²) in [5, 5.41) is 12.8. The molecular formula is C15H22FNO2. The molecule has 0 saturated carbocycles. The second-order valence-electron chi connectivity index (χ2n) is 4.83. The Morgan fingerprint density at radius 2 is 1.84 bits per heavy atom. The molecule has 0 aliphatic heterocycles. The summed E-state index contributed by atoms with van der Waals surface area (Å²) in [5.41, 5.74) is 0.115. The van der Waals surface area contributed by atoms with Crippen LogP contribution < -0.4 is 5.32 Å². The van der Waals surface area contributed by atoms with Crippen molar-refractivity contribution in [2.24, 2.45) is 0 Å². The molecule has 3 nitrogen and oxygen atoms in total. The molecule has 19 heavy (non-hydrogen) atoms. The van der Waals surface area contributed by atoms with Crippen molar-refractivity contribution in [3.8, 4) is 0 Å². The summed E-state index contributed by atoms with van der Waals surface area (Å²) < 4.78 is 12.7. The number of benzene rings is 1. The topological polar surface area (TPSA) is 49.3 Å². The first-order valence-electron chi connectivity index (χ1n) is 6.72. The molecule has 0 radical (unpaired) electrons. The first-order valence-corrected chi connectivity index (χ1v) is 6.72. The van der Waals surface area contributed by atoms with Crippen molar-refractivity contribution < 1.29 is 14.3 Å². The van der Waals surface area contributed by atoms with Crippen LogP contribution in [0.2, 0.25) is 0 Å². The number of aliphatic hydroxyl groups is 1. The fourth-order valence-electron chi connectivity index (χ4n) is 1.76. The van der Waals surface area contributed by atoms with Crippen molar-refractivity contribution in [1.29, 1.82) is 0 Å². The van der Waals surface area contributed by atoms with Crippen LogP contribution in [0, 0.1) is 5.82 Å². The maximum Gasteiger partial charge on any atom is 0.220 e. The van der Waals surface area contributed by atoms with Crippen LogP contribution >= 0.6 is 0 Å². The Hall–Kier alpha value is -1.42. The summed E-state index contributed by atoms with van der Waals surface area (Å²) >= 11 is 0. The zero-order valence-corrected chi connectivity index (χ0v) is 11.6. The molecule has 0 heterocycles. The molecule has 0 bridgehead atoms. The Morgan fingerprint density at radius 1 is 1.26 bits per heavy atom. The van der Waals surface area contributed by atoms with Gasteiger partial charge in [0.05, 0.1) is 5.60 Å². The Balaban J connectivity index is 2.34. The lowest BCUT2D eigenvalue weighted by molar-refractivity contribution is -0.122. The van der Waals surface area contributed by atoms with Crippen molar-refractivity contribution in [2.75, 3.05) is 6.54 Å². The van der Waals surface area contributed by atoms with Crippen molar-refractivity contribution in [3.05, 3.63) is 35.6 Å². The lowest BCUT2D eigenvalue weighted by Crippen LogP contribution is -2.42. The van der Waals surface area contributed by atoms with Gasteiger partial charge >= 0.3 is 0 Å². The molecule has 0 aliphatic rings. The van der Waals surface area contributed by atoms with Gasteiger partial charge in [-0.3, -0.25) is 4.79 Å². The molecule has 0 aromatic heterocycles. The van der Waals surface area contributed by atoms with Crippen molar-refractivity contribution in [3.63, 3.8) is 0 Å². The van der Waals surface area contributed by atoms with Crippen LogP contribution in [0.25, 0.3) is 0 Å². The summed E-state index contributed by atoms with van der Waals surface area (Å²) in [5.74, 6) is -0.367. The number of carbonyl (C=O) groups excluding carboxylic acids is 1. The van der Waals surface area contributed by atoms with Gasteiger partial charge in [-0.15, -0.1) is 0 Å². The SMILES string of the molecule is CCC(O)(CC)CNC(=O)CCc1ccc(F)cc1. The monoisotopic (exact) mass is 267 g/mol. The summed E-state index contributed by atoms with van der Waals surface area (Å²) in [6.07, 6.45) is 2.14. The van der Waals surface area contributed by atoms with Crippen LogP contribution in [0.15, 0.2) is 24.3 Å². The smallest absolute Gasteiger partial charge is 0.220 e. The number of hydrogen-bond donors (Lipinski definition) is 2. The van der Waals surface area contributed by atoms with E-state index in [1.807, 2.05) is 13.8 Å². The summed E-state index contributed by atoms with van der Waals surface area (Å²) in [6, 6.07) is 6.13. The Kier molecular flexibility index (Phi) is 5.96. The van der Waals surface area contributed by atoms with Gasteiger partial charge in [0, 0.05) is 13.0 Å². The van der Waals surface area contributed by atoms with Gasteiger partial charge in [-0.1, -0.05) is 26.0 Å². The number of carbonyl (C=O) groups is 1. The van der Waals surface area contributed by atoms with E-state index in [0.29, 0.717) is 25.7 Å². The van der Waals surface area contributed by atoms with Gasteiger partial charge in [-0.2, -0.15) is 0 Å². The number of amides is 1. The molecule has 0 fully saturated rings. The van der Waals surface area contributed by atoms with E-state index < -0.39 is 5.60 Å². The van der Waals surface area contributed by atoms with Crippen molar-refractivity contribution in [1.82, 2.24) is 5.32 Å². The molecule has 2 N–H and O–H groups in total. The average Bonchev–Trinajstić information content (AvgIpc) is 2.44. The van der Waals surface area contributed by atoms with E-state index in [1.54, 1.807) is 12.1 Å². The zero-order chi connectivity index (χ0) is 14.3. The third-order valence-electron chi connectivity index (χ3n) is 3.48. The number of rotatable bonds is 7. The molecular weight excluding hydrogens is 245 g/mol. The van der Waals surface area contributed by atoms with Crippen LogP contribution in [0.4, 0.5) is 4.39 Å². The predicted octanol–water partition coefficient (Wildman–Crippen LogP) is 2.43. The fraction of sp³-hybridized carbons (Fsp3) is 0.533. The van der Waals surface area contributed by atoms with E-state index in [2.05, 4.69) is 5.32 Å². The summed E-state index contributed by atoms with van der Waals surface area (Å²) in [4.78, 5) is 11.7. The molecule has 1 aromatic carbocycles. The highest BCUT2D eigenvalue weighted by atomic mass is 19.1. The first kappa shape index (κ1) is 15.6. The van der Waals surface area contributed by atoms with Crippen LogP contribution in [0.1, 0.15) is 38.7 Å². The molecule has 1 amide bonds. The molecule has 0 unspecified atom stereocenters. The normalized spacial score (nSPS) is 11.4. The predicted molar refractivity (Wildman–Crippen MR) is 73.3 cm³/mol. The van der Waals surface area contributed by atoms with Gasteiger partial charge < -0.3 is 10.4 Å². The van der Waals surface area contributed by atoms with Crippen molar-refractivity contribution >= 4 is 5.91 Å². The minimum Gasteiger partial charge on any atom is -0.388 e. The highest BCUT2D eigenvalue weighted by Crippen LogP contribution is 2.13. The number of hydrogen-bond acceptors (Lipinski definition) is 2. The third-order valence-corrected chi connectivity index (χ3v) is 3.48. The number of aryl methyl sites for hydroxylation is 1. The van der Waals surface area contributed by atoms with E-state index >= 15 is 0 Å². The van der Waals surface area contributed by atoms with Gasteiger partial charge in [0.25, 0.3) is 0 Å². The standard InChI is InChI=1S/C15H22FNO2/c1-3-15(19,4-2)11-17-14(18)10-7-12-5-8-13(16)9-6-12/h5-6,8-9,19H,3-4,7,10-11H2,1-2H3,(H,17,18). The fourth-order valence-corrected chi connectivity index (χ4v) is 1.76. The second-order valence-corrected chi connectivity index (χ2v) is 4.83. The van der Waals surface area contributed by atoms with E-state index in [4.69, 9.17) is 0 Å². The van der Waals surface area contributed by atoms with Gasteiger partial charge in [-0.25, -0.2) is 4.39 Å². The lowest BCUT2D eigenvalue weighted by atomic mass is 9.97. The Morgan fingerprint density at radius 3 is 2.37 bits per heavy atom. The molecule has 0 spiro atoms. The van der Waals surface area contributed by atoms with Crippen molar-refractivity contribution in [2.45, 2.75) is 45.1 Å². The molecule has 0 saturated heterocycles. The van der Waals surface area contributed by atoms with E-state index in [-0.39, 0.29) is 18.3 Å². The van der Waals surface area contributed by atoms with Crippen LogP contribution in [-0.2, 0) is 11.2 Å². The summed E-state index contributed by atoms with van der Waals surface area (Å²) in [7, 11) is 0. The van der Waals surface area contributed by atoms with E-state index in [9.17, 15) is 14.3 Å². The Labute approximate surface area is 113 Å². The van der Waals surface area contributed by atoms with Gasteiger partial charge in [-0.05, 0) is 37.0 Å². The highest BCUT2D eigenvalue weighted by molar-refractivity contribution is 5.76. The third kappa shape index (κ3) is 5.39. The summed E-state index contributed by atoms with van der Waals surface area (Å²) in [6.45, 7) is 4.07. The quantitative estimate of drug-likeness (QED) is 0.797. The number of nitrogens with one attached hydrogen (secondary N) is 1. The second kappa shape index (κ2) is 7.24. The molecule has 1 rings (SSSR count). The molecule has 106 valence electrons. The van der Waals surface area contributed by atoms with Crippen LogP contribution in [0.5, 0.6) is 0 Å². The molecule has 0 aliphatic carbocycles. The molecule has 4 heteroatoms. The Bertz CT molecular complexity index is 399. The highest BCUT2D eigenvalue weighted by Gasteiger charge is 2.22. The average molecular weight is 267 g/mol. The number of halogens is 1. The lowest BCUT2D eigenvalue weighted by Gasteiger charge is -2.25. The van der Waals surface area contributed by atoms with Gasteiger partial charge in [0.15, 0.2) is 0 Å².